The molecule has 8 nitrogen and oxygen atoms in total. The van der Waals surface area contributed by atoms with Gasteiger partial charge in [0.15, 0.2) is 0 Å². The summed E-state index contributed by atoms with van der Waals surface area (Å²) in [7, 11) is 0. The molecular formula is C41H51BrN6O2S3. The van der Waals surface area contributed by atoms with Crippen molar-refractivity contribution in [2.45, 2.75) is 84.2 Å². The van der Waals surface area contributed by atoms with Crippen LogP contribution in [0.5, 0.6) is 0 Å². The third-order valence-corrected chi connectivity index (χ3v) is 12.4. The first-order valence-electron chi connectivity index (χ1n) is 18.9. The number of ether oxygens (including phenoxy) is 1. The second-order valence-electron chi connectivity index (χ2n) is 14.5. The van der Waals surface area contributed by atoms with E-state index in [-0.39, 0.29) is 11.7 Å². The zero-order valence-corrected chi connectivity index (χ0v) is 35.2. The van der Waals surface area contributed by atoms with Crippen LogP contribution in [0.25, 0.3) is 30.6 Å². The average Bonchev–Trinajstić information content (AvgIpc) is 3.98. The van der Waals surface area contributed by atoms with Gasteiger partial charge in [0, 0.05) is 43.7 Å². The number of hydrogen-bond acceptors (Lipinski definition) is 10. The predicted molar refractivity (Wildman–Crippen MR) is 230 cm³/mol. The average molecular weight is 836 g/mol. The molecule has 0 aliphatic carbocycles. The highest BCUT2D eigenvalue weighted by atomic mass is 79.9. The Morgan fingerprint density at radius 2 is 0.981 bits per heavy atom. The van der Waals surface area contributed by atoms with Crippen LogP contribution in [0.1, 0.15) is 78.6 Å². The highest BCUT2D eigenvalue weighted by Crippen LogP contribution is 2.31. The molecular weight excluding hydrogens is 785 g/mol. The molecule has 9 rings (SSSR count). The quantitative estimate of drug-likeness (QED) is 0.172. The summed E-state index contributed by atoms with van der Waals surface area (Å²) in [6, 6.07) is 19.1. The van der Waals surface area contributed by atoms with E-state index in [9.17, 15) is 4.79 Å². The Balaban J connectivity index is 0.000000122. The van der Waals surface area contributed by atoms with Crippen molar-refractivity contribution in [2.75, 3.05) is 49.1 Å². The van der Waals surface area contributed by atoms with Crippen molar-refractivity contribution in [3.63, 3.8) is 0 Å². The van der Waals surface area contributed by atoms with Crippen LogP contribution in [-0.4, -0.2) is 70.8 Å². The lowest BCUT2D eigenvalue weighted by molar-refractivity contribution is 0.0216. The van der Waals surface area contributed by atoms with Crippen molar-refractivity contribution in [2.24, 2.45) is 0 Å². The Morgan fingerprint density at radius 3 is 1.42 bits per heavy atom. The fourth-order valence-corrected chi connectivity index (χ4v) is 9.48. The Hall–Kier alpha value is -3.32. The number of halogens is 1. The second-order valence-corrected chi connectivity index (χ2v) is 18.0. The fourth-order valence-electron chi connectivity index (χ4n) is 6.78. The number of amides is 1. The molecule has 3 aromatic carbocycles. The molecule has 3 aliphatic rings. The lowest BCUT2D eigenvalue weighted by Gasteiger charge is -2.29. The number of carbonyl (C=O) groups excluding carboxylic acids is 1. The zero-order valence-electron chi connectivity index (χ0n) is 31.1. The molecule has 0 unspecified atom stereocenters. The van der Waals surface area contributed by atoms with Crippen molar-refractivity contribution >= 4 is 98.1 Å². The molecule has 1 amide bonds. The van der Waals surface area contributed by atoms with Crippen LogP contribution in [0.4, 0.5) is 16.2 Å². The molecule has 12 heteroatoms. The van der Waals surface area contributed by atoms with Crippen LogP contribution in [0.2, 0.25) is 0 Å². The van der Waals surface area contributed by atoms with Gasteiger partial charge in [-0.2, -0.15) is 0 Å². The number of hydrogen-bond donors (Lipinski definition) is 0. The highest BCUT2D eigenvalue weighted by Gasteiger charge is 2.23. The molecule has 3 aromatic heterocycles. The van der Waals surface area contributed by atoms with Crippen molar-refractivity contribution in [1.29, 1.82) is 0 Å². The van der Waals surface area contributed by atoms with E-state index in [2.05, 4.69) is 83.1 Å². The number of carbonyl (C=O) groups is 1. The van der Waals surface area contributed by atoms with E-state index < -0.39 is 0 Å². The molecule has 6 heterocycles. The predicted octanol–water partition coefficient (Wildman–Crippen LogP) is 12.0. The molecule has 0 bridgehead atoms. The van der Waals surface area contributed by atoms with Gasteiger partial charge in [-0.05, 0) is 131 Å². The SMILES string of the molecule is Brc1cccc2scnc12.CC(C)(C)OC(=O)N1CCCCC1.c1cc(N2CCCCC2)c2ncsc2c1.c1cc(N2CCCCC2)c2ncsc2c1. The number of benzene rings is 3. The van der Waals surface area contributed by atoms with E-state index >= 15 is 0 Å². The fraction of sp³-hybridized carbons (Fsp3) is 0.463. The number of nitrogens with zero attached hydrogens (tertiary/aromatic N) is 6. The first-order valence-corrected chi connectivity index (χ1v) is 22.3. The molecule has 3 fully saturated rings. The van der Waals surface area contributed by atoms with Crippen LogP contribution in [0.3, 0.4) is 0 Å². The largest absolute Gasteiger partial charge is 0.444 e. The van der Waals surface area contributed by atoms with Gasteiger partial charge in [-0.1, -0.05) is 18.2 Å². The van der Waals surface area contributed by atoms with Crippen molar-refractivity contribution in [3.05, 3.63) is 75.6 Å². The maximum atomic E-state index is 11.5. The summed E-state index contributed by atoms with van der Waals surface area (Å²) >= 11 is 8.54. The molecule has 0 radical (unpaired) electrons. The van der Waals surface area contributed by atoms with Gasteiger partial charge in [-0.3, -0.25) is 0 Å². The number of anilines is 2. The van der Waals surface area contributed by atoms with Crippen LogP contribution < -0.4 is 9.80 Å². The Labute approximate surface area is 334 Å². The number of para-hydroxylation sites is 3. The van der Waals surface area contributed by atoms with Crippen LogP contribution in [0, 0.1) is 0 Å². The van der Waals surface area contributed by atoms with Crippen molar-refractivity contribution in [1.82, 2.24) is 19.9 Å². The molecule has 53 heavy (non-hydrogen) atoms. The van der Waals surface area contributed by atoms with Crippen molar-refractivity contribution in [3.8, 4) is 0 Å². The van der Waals surface area contributed by atoms with Crippen LogP contribution >= 0.6 is 49.9 Å². The maximum Gasteiger partial charge on any atom is 0.410 e. The van der Waals surface area contributed by atoms with E-state index in [1.165, 1.54) is 108 Å². The standard InChI is InChI=1S/2C12H14N2S.C10H19NO2.C7H4BrNS/c2*1-2-7-14(8-3-1)10-5-4-6-11-12(10)13-9-15-11;1-10(2,3)13-9(12)11-7-5-4-6-8-11;8-5-2-1-3-6-7(5)9-4-10-6/h2*4-6,9H,1-3,7-8H2;4-8H2,1-3H3;1-4H. The van der Waals surface area contributed by atoms with Gasteiger partial charge >= 0.3 is 6.09 Å². The van der Waals surface area contributed by atoms with E-state index in [0.29, 0.717) is 0 Å². The van der Waals surface area contributed by atoms with E-state index in [1.807, 2.05) is 49.4 Å². The highest BCUT2D eigenvalue weighted by molar-refractivity contribution is 9.10. The number of aromatic nitrogens is 3. The number of rotatable bonds is 2. The molecule has 3 saturated heterocycles. The topological polar surface area (TPSA) is 74.7 Å². The van der Waals surface area contributed by atoms with Gasteiger partial charge in [0.1, 0.15) is 16.6 Å². The molecule has 0 atom stereocenters. The number of piperidine rings is 3. The first-order chi connectivity index (χ1) is 25.8. The summed E-state index contributed by atoms with van der Waals surface area (Å²) in [5.41, 5.74) is 11.5. The zero-order chi connectivity index (χ0) is 37.0. The monoisotopic (exact) mass is 834 g/mol. The summed E-state index contributed by atoms with van der Waals surface area (Å²) in [6.07, 6.45) is 11.3. The molecule has 3 aliphatic heterocycles. The molecule has 6 aromatic rings. The number of likely N-dealkylation sites (tertiary alicyclic amines) is 1. The number of fused-ring (bicyclic) bond motifs is 3. The summed E-state index contributed by atoms with van der Waals surface area (Å²) in [6.45, 7) is 12.2. The summed E-state index contributed by atoms with van der Waals surface area (Å²) in [5, 5.41) is 0. The Morgan fingerprint density at radius 1 is 0.585 bits per heavy atom. The lowest BCUT2D eigenvalue weighted by Crippen LogP contribution is -2.39. The third-order valence-electron chi connectivity index (χ3n) is 9.39. The number of thiazole rings is 3. The van der Waals surface area contributed by atoms with E-state index in [1.54, 1.807) is 38.9 Å². The molecule has 0 N–H and O–H groups in total. The van der Waals surface area contributed by atoms with Gasteiger partial charge in [0.05, 0.1) is 47.5 Å². The third kappa shape index (κ3) is 11.1. The summed E-state index contributed by atoms with van der Waals surface area (Å²) < 4.78 is 10.2. The Bertz CT molecular complexity index is 1930. The minimum atomic E-state index is -0.367. The van der Waals surface area contributed by atoms with Gasteiger partial charge in [-0.15, -0.1) is 34.0 Å². The van der Waals surface area contributed by atoms with E-state index in [4.69, 9.17) is 4.74 Å². The normalized spacial score (nSPS) is 16.3. The Kier molecular flexibility index (Phi) is 14.4. The summed E-state index contributed by atoms with van der Waals surface area (Å²) in [5.74, 6) is 0. The van der Waals surface area contributed by atoms with Crippen LogP contribution in [0.15, 0.2) is 75.6 Å². The van der Waals surface area contributed by atoms with Gasteiger partial charge < -0.3 is 19.4 Å². The van der Waals surface area contributed by atoms with Gasteiger partial charge in [-0.25, -0.2) is 19.7 Å². The van der Waals surface area contributed by atoms with E-state index in [0.717, 1.165) is 35.9 Å². The second kappa shape index (κ2) is 19.3. The summed E-state index contributed by atoms with van der Waals surface area (Å²) in [4.78, 5) is 31.4. The van der Waals surface area contributed by atoms with Crippen LogP contribution in [-0.2, 0) is 4.74 Å². The maximum absolute atomic E-state index is 11.5. The first kappa shape index (κ1) is 39.4. The van der Waals surface area contributed by atoms with Gasteiger partial charge in [0.25, 0.3) is 0 Å². The minimum absolute atomic E-state index is 0.160. The molecule has 0 spiro atoms. The minimum Gasteiger partial charge on any atom is -0.444 e. The lowest BCUT2D eigenvalue weighted by atomic mass is 10.1. The smallest absolute Gasteiger partial charge is 0.410 e. The van der Waals surface area contributed by atoms with Gasteiger partial charge in [0.2, 0.25) is 0 Å². The molecule has 282 valence electrons. The van der Waals surface area contributed by atoms with Crippen molar-refractivity contribution < 1.29 is 9.53 Å². The molecule has 0 saturated carbocycles.